The van der Waals surface area contributed by atoms with Crippen LogP contribution in [-0.4, -0.2) is 13.0 Å². The molecule has 0 aromatic heterocycles. The van der Waals surface area contributed by atoms with Crippen molar-refractivity contribution in [2.75, 3.05) is 12.4 Å². The summed E-state index contributed by atoms with van der Waals surface area (Å²) in [6.07, 6.45) is 1.43. The fourth-order valence-electron chi connectivity index (χ4n) is 2.28. The van der Waals surface area contributed by atoms with Gasteiger partial charge in [0.1, 0.15) is 17.4 Å². The minimum absolute atomic E-state index is 0.0172. The van der Waals surface area contributed by atoms with Gasteiger partial charge in [-0.15, -0.1) is 0 Å². The molecule has 1 atom stereocenters. The minimum atomic E-state index is -0.424. The van der Waals surface area contributed by atoms with Gasteiger partial charge in [0.25, 0.3) is 5.91 Å². The van der Waals surface area contributed by atoms with Crippen molar-refractivity contribution in [1.29, 1.82) is 5.26 Å². The summed E-state index contributed by atoms with van der Waals surface area (Å²) in [6, 6.07) is 16.8. The number of carbonyl (C=O) groups is 1. The third-order valence-corrected chi connectivity index (χ3v) is 3.85. The quantitative estimate of drug-likeness (QED) is 0.623. The number of amides is 1. The number of nitriles is 1. The Kier molecular flexibility index (Phi) is 6.19. The molecular weight excluding hydrogens is 314 g/mol. The maximum atomic E-state index is 12.3. The van der Waals surface area contributed by atoms with Gasteiger partial charge in [-0.25, -0.2) is 0 Å². The van der Waals surface area contributed by atoms with Crippen molar-refractivity contribution in [2.45, 2.75) is 19.9 Å². The molecule has 0 spiro atoms. The molecule has 0 fully saturated rings. The van der Waals surface area contributed by atoms with Crippen LogP contribution in [0.15, 0.2) is 60.3 Å². The molecule has 1 unspecified atom stereocenters. The fraction of sp³-hybridized carbons (Fsp3) is 0.200. The molecule has 0 heterocycles. The molecule has 2 N–H and O–H groups in total. The van der Waals surface area contributed by atoms with Crippen molar-refractivity contribution in [3.63, 3.8) is 0 Å². The number of carbonyl (C=O) groups excluding carboxylic acids is 1. The number of rotatable bonds is 6. The largest absolute Gasteiger partial charge is 0.497 e. The van der Waals surface area contributed by atoms with Crippen molar-refractivity contribution in [3.05, 3.63) is 71.4 Å². The first-order chi connectivity index (χ1) is 12.0. The van der Waals surface area contributed by atoms with Gasteiger partial charge < -0.3 is 15.4 Å². The zero-order chi connectivity index (χ0) is 18.2. The average molecular weight is 335 g/mol. The lowest BCUT2D eigenvalue weighted by Crippen LogP contribution is -2.28. The fourth-order valence-corrected chi connectivity index (χ4v) is 2.28. The van der Waals surface area contributed by atoms with Crippen LogP contribution >= 0.6 is 0 Å². The normalized spacial score (nSPS) is 12.0. The second kappa shape index (κ2) is 8.55. The van der Waals surface area contributed by atoms with Gasteiger partial charge in [0, 0.05) is 11.9 Å². The maximum absolute atomic E-state index is 12.3. The molecule has 0 radical (unpaired) electrons. The summed E-state index contributed by atoms with van der Waals surface area (Å²) in [5, 5.41) is 15.1. The van der Waals surface area contributed by atoms with E-state index >= 15 is 0 Å². The zero-order valence-electron chi connectivity index (χ0n) is 14.5. The molecule has 5 nitrogen and oxygen atoms in total. The smallest absolute Gasteiger partial charge is 0.263 e. The Labute approximate surface area is 147 Å². The third-order valence-electron chi connectivity index (χ3n) is 3.85. The zero-order valence-corrected chi connectivity index (χ0v) is 14.5. The van der Waals surface area contributed by atoms with Crippen LogP contribution in [0.1, 0.15) is 24.1 Å². The van der Waals surface area contributed by atoms with E-state index in [1.54, 1.807) is 7.11 Å². The molecular formula is C20H21N3O2. The summed E-state index contributed by atoms with van der Waals surface area (Å²) in [7, 11) is 1.60. The van der Waals surface area contributed by atoms with Crippen LogP contribution in [0.4, 0.5) is 5.69 Å². The highest BCUT2D eigenvalue weighted by atomic mass is 16.5. The van der Waals surface area contributed by atoms with Crippen molar-refractivity contribution < 1.29 is 9.53 Å². The Hall–Kier alpha value is -3.26. The summed E-state index contributed by atoms with van der Waals surface area (Å²) in [4.78, 5) is 12.3. The van der Waals surface area contributed by atoms with Crippen LogP contribution in [-0.2, 0) is 4.79 Å². The number of hydrogen-bond acceptors (Lipinski definition) is 4. The molecule has 0 bridgehead atoms. The van der Waals surface area contributed by atoms with E-state index < -0.39 is 5.91 Å². The summed E-state index contributed by atoms with van der Waals surface area (Å²) in [6.45, 7) is 3.82. The third kappa shape index (κ3) is 4.85. The number of para-hydroxylation sites is 1. The Morgan fingerprint density at radius 1 is 1.20 bits per heavy atom. The number of nitrogens with zero attached hydrogens (tertiary/aromatic N) is 1. The molecule has 2 aromatic carbocycles. The molecule has 25 heavy (non-hydrogen) atoms. The van der Waals surface area contributed by atoms with Crippen LogP contribution in [0.2, 0.25) is 0 Å². The summed E-state index contributed by atoms with van der Waals surface area (Å²) in [5.74, 6) is 0.328. The number of aryl methyl sites for hydroxylation is 1. The lowest BCUT2D eigenvalue weighted by Gasteiger charge is -2.14. The van der Waals surface area contributed by atoms with Gasteiger partial charge >= 0.3 is 0 Å². The van der Waals surface area contributed by atoms with Crippen LogP contribution in [0.3, 0.4) is 0 Å². The Balaban J connectivity index is 2.05. The lowest BCUT2D eigenvalue weighted by atomic mass is 10.1. The Morgan fingerprint density at radius 2 is 1.88 bits per heavy atom. The maximum Gasteiger partial charge on any atom is 0.263 e. The predicted molar refractivity (Wildman–Crippen MR) is 98.0 cm³/mol. The molecule has 0 aliphatic rings. The predicted octanol–water partition coefficient (Wildman–Crippen LogP) is 3.70. The summed E-state index contributed by atoms with van der Waals surface area (Å²) < 4.78 is 5.12. The van der Waals surface area contributed by atoms with Gasteiger partial charge in [0.2, 0.25) is 0 Å². The highest BCUT2D eigenvalue weighted by Gasteiger charge is 2.14. The molecule has 5 heteroatoms. The van der Waals surface area contributed by atoms with E-state index in [1.165, 1.54) is 6.20 Å². The highest BCUT2D eigenvalue weighted by Crippen LogP contribution is 2.18. The number of hydrogen-bond donors (Lipinski definition) is 2. The first-order valence-electron chi connectivity index (χ1n) is 7.92. The molecule has 1 amide bonds. The van der Waals surface area contributed by atoms with Crippen molar-refractivity contribution in [2.24, 2.45) is 0 Å². The molecule has 0 saturated carbocycles. The van der Waals surface area contributed by atoms with Crippen LogP contribution in [0.5, 0.6) is 5.75 Å². The Morgan fingerprint density at radius 3 is 2.48 bits per heavy atom. The number of ether oxygens (including phenoxy) is 1. The first kappa shape index (κ1) is 18.1. The van der Waals surface area contributed by atoms with E-state index in [1.807, 2.05) is 68.4 Å². The van der Waals surface area contributed by atoms with Crippen molar-refractivity contribution in [1.82, 2.24) is 5.32 Å². The second-order valence-corrected chi connectivity index (χ2v) is 5.60. The van der Waals surface area contributed by atoms with Crippen LogP contribution in [0, 0.1) is 18.3 Å². The first-order valence-corrected chi connectivity index (χ1v) is 7.92. The van der Waals surface area contributed by atoms with E-state index in [-0.39, 0.29) is 11.6 Å². The van der Waals surface area contributed by atoms with Gasteiger partial charge in [-0.3, -0.25) is 4.79 Å². The highest BCUT2D eigenvalue weighted by molar-refractivity contribution is 5.97. The summed E-state index contributed by atoms with van der Waals surface area (Å²) in [5.41, 5.74) is 2.83. The van der Waals surface area contributed by atoms with Gasteiger partial charge in [-0.2, -0.15) is 5.26 Å². The van der Waals surface area contributed by atoms with Crippen molar-refractivity contribution in [3.8, 4) is 11.8 Å². The van der Waals surface area contributed by atoms with E-state index in [4.69, 9.17) is 4.74 Å². The standard InChI is InChI=1S/C20H21N3O2/c1-14-6-4-5-7-19(14)22-13-17(12-21)20(24)23-15(2)16-8-10-18(25-3)11-9-16/h4-11,13,15,22H,1-3H3,(H,23,24)/b17-13-. The monoisotopic (exact) mass is 335 g/mol. The van der Waals surface area contributed by atoms with Crippen LogP contribution in [0.25, 0.3) is 0 Å². The molecule has 0 saturated heterocycles. The van der Waals surface area contributed by atoms with E-state index in [2.05, 4.69) is 10.6 Å². The van der Waals surface area contributed by atoms with Gasteiger partial charge in [0.05, 0.1) is 13.2 Å². The average Bonchev–Trinajstić information content (AvgIpc) is 2.63. The second-order valence-electron chi connectivity index (χ2n) is 5.60. The molecule has 2 rings (SSSR count). The summed E-state index contributed by atoms with van der Waals surface area (Å²) >= 11 is 0. The van der Waals surface area contributed by atoms with E-state index in [0.29, 0.717) is 0 Å². The SMILES string of the molecule is COc1ccc(C(C)NC(=O)/C(C#N)=C\Nc2ccccc2C)cc1. The number of nitrogens with one attached hydrogen (secondary N) is 2. The van der Waals surface area contributed by atoms with Gasteiger partial charge in [-0.05, 0) is 43.2 Å². The molecule has 2 aromatic rings. The Bertz CT molecular complexity index is 804. The van der Waals surface area contributed by atoms with E-state index in [9.17, 15) is 10.1 Å². The van der Waals surface area contributed by atoms with Crippen LogP contribution < -0.4 is 15.4 Å². The molecule has 0 aliphatic carbocycles. The number of methoxy groups -OCH3 is 1. The number of anilines is 1. The van der Waals surface area contributed by atoms with Gasteiger partial charge in [-0.1, -0.05) is 30.3 Å². The minimum Gasteiger partial charge on any atom is -0.497 e. The molecule has 128 valence electrons. The lowest BCUT2D eigenvalue weighted by molar-refractivity contribution is -0.117. The van der Waals surface area contributed by atoms with Crippen molar-refractivity contribution >= 4 is 11.6 Å². The topological polar surface area (TPSA) is 74.1 Å². The van der Waals surface area contributed by atoms with Gasteiger partial charge in [0.15, 0.2) is 0 Å². The van der Waals surface area contributed by atoms with E-state index in [0.717, 1.165) is 22.6 Å². The molecule has 0 aliphatic heterocycles. The number of benzene rings is 2.